The Balaban J connectivity index is 1.92. The quantitative estimate of drug-likeness (QED) is 0.335. The molecule has 0 saturated heterocycles. The summed E-state index contributed by atoms with van der Waals surface area (Å²) < 4.78 is 4.82. The Labute approximate surface area is 173 Å². The molecule has 1 heterocycles. The second-order valence-corrected chi connectivity index (χ2v) is 9.01. The average molecular weight is 419 g/mol. The number of ether oxygens (including phenoxy) is 1. The molecule has 29 heavy (non-hydrogen) atoms. The maximum Gasteiger partial charge on any atom is 0.333 e. The highest BCUT2D eigenvalue weighted by Gasteiger charge is 2.48. The summed E-state index contributed by atoms with van der Waals surface area (Å²) in [6.07, 6.45) is 0.975. The van der Waals surface area contributed by atoms with Gasteiger partial charge >= 0.3 is 11.0 Å². The van der Waals surface area contributed by atoms with Crippen molar-refractivity contribution in [3.05, 3.63) is 50.4 Å². The third-order valence-corrected chi connectivity index (χ3v) is 7.47. The van der Waals surface area contributed by atoms with Crippen molar-refractivity contribution in [1.82, 2.24) is 0 Å². The Morgan fingerprint density at radius 1 is 1.41 bits per heavy atom. The lowest BCUT2D eigenvalue weighted by molar-refractivity contribution is -0.380. The van der Waals surface area contributed by atoms with Crippen molar-refractivity contribution in [2.45, 2.75) is 39.2 Å². The topological polar surface area (TPSA) is 107 Å². The van der Waals surface area contributed by atoms with E-state index in [1.165, 1.54) is 19.2 Å². The van der Waals surface area contributed by atoms with E-state index in [1.807, 2.05) is 0 Å². The van der Waals surface area contributed by atoms with Crippen molar-refractivity contribution >= 4 is 28.1 Å². The fourth-order valence-electron chi connectivity index (χ4n) is 4.75. The molecular formula is C21H25NO6S. The van der Waals surface area contributed by atoms with Crippen molar-refractivity contribution in [2.24, 2.45) is 23.7 Å². The van der Waals surface area contributed by atoms with Gasteiger partial charge in [-0.2, -0.15) is 0 Å². The first-order chi connectivity index (χ1) is 13.7. The maximum absolute atomic E-state index is 13.1. The number of aliphatic hydroxyl groups is 1. The molecule has 0 amide bonds. The van der Waals surface area contributed by atoms with Gasteiger partial charge in [0.05, 0.1) is 24.1 Å². The zero-order valence-electron chi connectivity index (χ0n) is 16.7. The molecular weight excluding hydrogens is 394 g/mol. The molecule has 0 unspecified atom stereocenters. The van der Waals surface area contributed by atoms with E-state index in [0.717, 1.165) is 29.8 Å². The summed E-state index contributed by atoms with van der Waals surface area (Å²) in [5.74, 6) is -1.36. The Kier molecular flexibility index (Phi) is 6.05. The Hall–Kier alpha value is -2.32. The van der Waals surface area contributed by atoms with Crippen LogP contribution in [0.3, 0.4) is 0 Å². The minimum absolute atomic E-state index is 0.0576. The lowest BCUT2D eigenvalue weighted by Crippen LogP contribution is -2.28. The van der Waals surface area contributed by atoms with Gasteiger partial charge < -0.3 is 9.84 Å². The number of hydrogen-bond donors (Lipinski definition) is 1. The molecule has 1 N–H and O–H groups in total. The van der Waals surface area contributed by atoms with Crippen molar-refractivity contribution < 1.29 is 24.4 Å². The monoisotopic (exact) mass is 419 g/mol. The number of allylic oxidation sites excluding steroid dienone is 2. The molecule has 156 valence electrons. The number of aliphatic hydroxyl groups excluding tert-OH is 1. The highest BCUT2D eigenvalue weighted by Crippen LogP contribution is 2.52. The van der Waals surface area contributed by atoms with E-state index >= 15 is 0 Å². The number of fused-ring (bicyclic) bond motifs is 1. The number of methoxy groups -OCH3 is 1. The first kappa shape index (κ1) is 21.4. The van der Waals surface area contributed by atoms with Crippen LogP contribution in [0.1, 0.15) is 44.1 Å². The highest BCUT2D eigenvalue weighted by atomic mass is 32.1. The predicted octanol–water partition coefficient (Wildman–Crippen LogP) is 3.99. The van der Waals surface area contributed by atoms with Crippen LogP contribution in [0.25, 0.3) is 0 Å². The number of carbonyl (C=O) groups excluding carboxylic acids is 2. The summed E-state index contributed by atoms with van der Waals surface area (Å²) in [7, 11) is 1.33. The maximum atomic E-state index is 13.1. The molecule has 2 aliphatic rings. The lowest BCUT2D eigenvalue weighted by atomic mass is 9.77. The molecule has 0 radical (unpaired) electrons. The molecule has 1 fully saturated rings. The van der Waals surface area contributed by atoms with Crippen molar-refractivity contribution in [3.63, 3.8) is 0 Å². The Morgan fingerprint density at radius 2 is 2.10 bits per heavy atom. The predicted molar refractivity (Wildman–Crippen MR) is 108 cm³/mol. The molecule has 3 rings (SSSR count). The van der Waals surface area contributed by atoms with Gasteiger partial charge in [-0.15, -0.1) is 0 Å². The van der Waals surface area contributed by atoms with Crippen LogP contribution in [-0.4, -0.2) is 28.9 Å². The Morgan fingerprint density at radius 3 is 2.69 bits per heavy atom. The largest absolute Gasteiger partial charge is 0.466 e. The van der Waals surface area contributed by atoms with Crippen molar-refractivity contribution in [1.29, 1.82) is 0 Å². The third-order valence-electron chi connectivity index (χ3n) is 6.36. The summed E-state index contributed by atoms with van der Waals surface area (Å²) in [5, 5.41) is 21.9. The standard InChI is InChI=1S/C21H25NO6S/c1-10-5-6-13(11(2)21(25)28-4)9-14-12(3)19(23)18(17(10)14)20(24)15-7-8-16(29-15)22(26)27/h7-8,10,13,17-18,20,24H,2,5-6,9H2,1,3-4H3/t10-,13+,17-,18+,20-/m0/s1. The third kappa shape index (κ3) is 3.79. The zero-order chi connectivity index (χ0) is 21.5. The van der Waals surface area contributed by atoms with Gasteiger partial charge in [-0.25, -0.2) is 4.79 Å². The molecule has 0 aromatic carbocycles. The fourth-order valence-corrected chi connectivity index (χ4v) is 5.60. The van der Waals surface area contributed by atoms with Crippen LogP contribution in [0.5, 0.6) is 0 Å². The van der Waals surface area contributed by atoms with Gasteiger partial charge in [0.2, 0.25) is 0 Å². The molecule has 5 atom stereocenters. The lowest BCUT2D eigenvalue weighted by Gasteiger charge is -2.29. The van der Waals surface area contributed by atoms with Crippen LogP contribution in [0.15, 0.2) is 35.4 Å². The summed E-state index contributed by atoms with van der Waals surface area (Å²) >= 11 is 0.902. The summed E-state index contributed by atoms with van der Waals surface area (Å²) in [5.41, 5.74) is 2.00. The summed E-state index contributed by atoms with van der Waals surface area (Å²) in [6, 6.07) is 2.88. The second kappa shape index (κ2) is 8.20. The van der Waals surface area contributed by atoms with Gasteiger partial charge in [-0.3, -0.25) is 14.9 Å². The van der Waals surface area contributed by atoms with E-state index in [1.54, 1.807) is 6.92 Å². The smallest absolute Gasteiger partial charge is 0.333 e. The molecule has 7 nitrogen and oxygen atoms in total. The van der Waals surface area contributed by atoms with Gasteiger partial charge in [0.1, 0.15) is 0 Å². The van der Waals surface area contributed by atoms with E-state index in [-0.39, 0.29) is 28.5 Å². The summed E-state index contributed by atoms with van der Waals surface area (Å²) in [6.45, 7) is 7.72. The molecule has 1 saturated carbocycles. The number of nitrogens with zero attached hydrogens (tertiary/aromatic N) is 1. The molecule has 1 aromatic heterocycles. The Bertz CT molecular complexity index is 901. The number of Topliss-reactive ketones (excluding diaryl/α,β-unsaturated/α-hetero) is 1. The number of thiophene rings is 1. The van der Waals surface area contributed by atoms with Crippen LogP contribution in [0, 0.1) is 33.8 Å². The van der Waals surface area contributed by atoms with Gasteiger partial charge in [-0.05, 0) is 55.6 Å². The van der Waals surface area contributed by atoms with Crippen molar-refractivity contribution in [2.75, 3.05) is 7.11 Å². The molecule has 0 bridgehead atoms. The van der Waals surface area contributed by atoms with Gasteiger partial charge in [0, 0.05) is 16.5 Å². The number of carbonyl (C=O) groups is 2. The van der Waals surface area contributed by atoms with E-state index < -0.39 is 22.9 Å². The minimum atomic E-state index is -1.10. The highest BCUT2D eigenvalue weighted by molar-refractivity contribution is 7.15. The van der Waals surface area contributed by atoms with Crippen LogP contribution in [0.4, 0.5) is 5.00 Å². The molecule has 0 aliphatic heterocycles. The fraction of sp³-hybridized carbons (Fsp3) is 0.524. The molecule has 2 aliphatic carbocycles. The number of esters is 1. The molecule has 0 spiro atoms. The van der Waals surface area contributed by atoms with Gasteiger partial charge in [0.15, 0.2) is 5.78 Å². The van der Waals surface area contributed by atoms with Crippen molar-refractivity contribution in [3.8, 4) is 0 Å². The zero-order valence-corrected chi connectivity index (χ0v) is 17.5. The number of rotatable bonds is 5. The van der Waals surface area contributed by atoms with E-state index in [4.69, 9.17) is 4.74 Å². The molecule has 8 heteroatoms. The average Bonchev–Trinajstić information content (AvgIpc) is 3.23. The number of ketones is 1. The molecule has 1 aromatic rings. The number of nitro groups is 1. The first-order valence-corrected chi connectivity index (χ1v) is 10.4. The summed E-state index contributed by atoms with van der Waals surface area (Å²) in [4.78, 5) is 36.0. The van der Waals surface area contributed by atoms with E-state index in [0.29, 0.717) is 22.4 Å². The van der Waals surface area contributed by atoms with Gasteiger partial charge in [-0.1, -0.05) is 30.4 Å². The first-order valence-electron chi connectivity index (χ1n) is 9.60. The second-order valence-electron chi connectivity index (χ2n) is 7.92. The number of hydrogen-bond acceptors (Lipinski definition) is 7. The SMILES string of the molecule is C=C(C(=O)OC)[C@@H]1CC[C@H](C)[C@H]2C(=C(C)C(=O)[C@@H]2[C@@H](O)c2ccc([N+](=O)[O-])s2)C1. The van der Waals surface area contributed by atoms with Crippen LogP contribution in [0.2, 0.25) is 0 Å². The van der Waals surface area contributed by atoms with Crippen LogP contribution in [-0.2, 0) is 14.3 Å². The van der Waals surface area contributed by atoms with E-state index in [9.17, 15) is 24.8 Å². The normalized spacial score (nSPS) is 27.9. The van der Waals surface area contributed by atoms with E-state index in [2.05, 4.69) is 13.5 Å². The van der Waals surface area contributed by atoms with Crippen LogP contribution < -0.4 is 0 Å². The minimum Gasteiger partial charge on any atom is -0.466 e. The van der Waals surface area contributed by atoms with Crippen LogP contribution >= 0.6 is 11.3 Å². The van der Waals surface area contributed by atoms with Gasteiger partial charge in [0.25, 0.3) is 0 Å².